The van der Waals surface area contributed by atoms with Crippen LogP contribution in [0.1, 0.15) is 32.6 Å². The van der Waals surface area contributed by atoms with Crippen molar-refractivity contribution < 1.29 is 9.59 Å². The van der Waals surface area contributed by atoms with E-state index in [4.69, 9.17) is 0 Å². The van der Waals surface area contributed by atoms with Gasteiger partial charge >= 0.3 is 6.03 Å². The summed E-state index contributed by atoms with van der Waals surface area (Å²) < 4.78 is 0. The number of amides is 3. The number of urea groups is 1. The Hall–Kier alpha value is -1.06. The molecule has 2 rings (SSSR count). The molecular weight excluding hydrogens is 168 g/mol. The second kappa shape index (κ2) is 3.01. The van der Waals surface area contributed by atoms with Crippen molar-refractivity contribution in [2.75, 3.05) is 0 Å². The Bertz CT molecular complexity index is 246. The first-order valence-electron chi connectivity index (χ1n) is 4.83. The van der Waals surface area contributed by atoms with Gasteiger partial charge in [-0.25, -0.2) is 4.79 Å². The molecule has 0 aromatic rings. The van der Waals surface area contributed by atoms with Crippen LogP contribution in [0.15, 0.2) is 0 Å². The Kier molecular flexibility index (Phi) is 1.98. The highest BCUT2D eigenvalue weighted by Gasteiger charge is 2.40. The summed E-state index contributed by atoms with van der Waals surface area (Å²) >= 11 is 0. The zero-order valence-electron chi connectivity index (χ0n) is 7.75. The van der Waals surface area contributed by atoms with Crippen molar-refractivity contribution in [2.24, 2.45) is 0 Å². The fraction of sp³-hybridized carbons (Fsp3) is 0.778. The predicted molar refractivity (Wildman–Crippen MR) is 47.1 cm³/mol. The maximum atomic E-state index is 11.5. The molecule has 0 aromatic heterocycles. The average molecular weight is 182 g/mol. The van der Waals surface area contributed by atoms with E-state index in [-0.39, 0.29) is 24.0 Å². The third-order valence-corrected chi connectivity index (χ3v) is 2.86. The van der Waals surface area contributed by atoms with Crippen LogP contribution in [0.25, 0.3) is 0 Å². The summed E-state index contributed by atoms with van der Waals surface area (Å²) in [5.74, 6) is -0.0584. The van der Waals surface area contributed by atoms with E-state index in [1.807, 2.05) is 0 Å². The van der Waals surface area contributed by atoms with Gasteiger partial charge in [0.1, 0.15) is 6.04 Å². The zero-order valence-corrected chi connectivity index (χ0v) is 7.75. The third kappa shape index (κ3) is 1.30. The van der Waals surface area contributed by atoms with Crippen LogP contribution in [0.4, 0.5) is 4.79 Å². The van der Waals surface area contributed by atoms with Crippen molar-refractivity contribution in [3.63, 3.8) is 0 Å². The van der Waals surface area contributed by atoms with Crippen LogP contribution >= 0.6 is 0 Å². The first kappa shape index (κ1) is 8.53. The van der Waals surface area contributed by atoms with Crippen LogP contribution in [0.3, 0.4) is 0 Å². The minimum atomic E-state index is -0.326. The summed E-state index contributed by atoms with van der Waals surface area (Å²) in [6, 6.07) is -0.366. The smallest absolute Gasteiger partial charge is 0.325 e. The lowest BCUT2D eigenvalue weighted by molar-refractivity contribution is -0.128. The first-order valence-corrected chi connectivity index (χ1v) is 4.83. The molecule has 13 heavy (non-hydrogen) atoms. The number of carbonyl (C=O) groups is 2. The fourth-order valence-corrected chi connectivity index (χ4v) is 2.13. The summed E-state index contributed by atoms with van der Waals surface area (Å²) in [6.45, 7) is 1.73. The SMILES string of the molecule is C[C@@H]1NC(=O)N(C2CCCC2)C1=O. The fourth-order valence-electron chi connectivity index (χ4n) is 2.13. The molecule has 0 radical (unpaired) electrons. The van der Waals surface area contributed by atoms with Gasteiger partial charge in [0.25, 0.3) is 5.91 Å². The molecule has 1 aliphatic heterocycles. The van der Waals surface area contributed by atoms with Crippen LogP contribution in [0, 0.1) is 0 Å². The van der Waals surface area contributed by atoms with Gasteiger partial charge in [-0.1, -0.05) is 12.8 Å². The molecule has 3 amide bonds. The van der Waals surface area contributed by atoms with Crippen LogP contribution in [-0.2, 0) is 4.79 Å². The van der Waals surface area contributed by atoms with E-state index in [1.54, 1.807) is 6.92 Å². The van der Waals surface area contributed by atoms with Crippen molar-refractivity contribution in [1.29, 1.82) is 0 Å². The highest BCUT2D eigenvalue weighted by Crippen LogP contribution is 2.25. The van der Waals surface area contributed by atoms with Gasteiger partial charge in [0.15, 0.2) is 0 Å². The molecule has 1 aliphatic carbocycles. The zero-order chi connectivity index (χ0) is 9.42. The van der Waals surface area contributed by atoms with Gasteiger partial charge < -0.3 is 5.32 Å². The second-order valence-corrected chi connectivity index (χ2v) is 3.82. The summed E-state index contributed by atoms with van der Waals surface area (Å²) in [4.78, 5) is 24.3. The normalized spacial score (nSPS) is 29.9. The first-order chi connectivity index (χ1) is 6.20. The van der Waals surface area contributed by atoms with Crippen LogP contribution in [0.2, 0.25) is 0 Å². The molecule has 1 atom stereocenters. The van der Waals surface area contributed by atoms with Gasteiger partial charge in [0.05, 0.1) is 0 Å². The third-order valence-electron chi connectivity index (χ3n) is 2.86. The van der Waals surface area contributed by atoms with Crippen molar-refractivity contribution in [1.82, 2.24) is 10.2 Å². The lowest BCUT2D eigenvalue weighted by Gasteiger charge is -2.19. The Labute approximate surface area is 77.3 Å². The molecule has 1 heterocycles. The molecule has 2 aliphatic rings. The largest absolute Gasteiger partial charge is 0.326 e. The number of carbonyl (C=O) groups excluding carboxylic acids is 2. The molecule has 72 valence electrons. The van der Waals surface area contributed by atoms with E-state index in [9.17, 15) is 9.59 Å². The molecule has 4 nitrogen and oxygen atoms in total. The van der Waals surface area contributed by atoms with E-state index >= 15 is 0 Å². The van der Waals surface area contributed by atoms with E-state index in [0.717, 1.165) is 25.7 Å². The summed E-state index contributed by atoms with van der Waals surface area (Å²) in [5.41, 5.74) is 0. The quantitative estimate of drug-likeness (QED) is 0.612. The molecule has 0 spiro atoms. The monoisotopic (exact) mass is 182 g/mol. The molecule has 1 N–H and O–H groups in total. The minimum absolute atomic E-state index is 0.0584. The topological polar surface area (TPSA) is 49.4 Å². The number of hydrogen-bond donors (Lipinski definition) is 1. The van der Waals surface area contributed by atoms with Gasteiger partial charge in [-0.15, -0.1) is 0 Å². The molecule has 2 fully saturated rings. The molecule has 0 unspecified atom stereocenters. The second-order valence-electron chi connectivity index (χ2n) is 3.82. The summed E-state index contributed by atoms with van der Waals surface area (Å²) in [7, 11) is 0. The predicted octanol–water partition coefficient (Wildman–Crippen LogP) is 0.869. The van der Waals surface area contributed by atoms with Crippen LogP contribution < -0.4 is 5.32 Å². The highest BCUT2D eigenvalue weighted by molar-refractivity contribution is 6.04. The van der Waals surface area contributed by atoms with Crippen molar-refractivity contribution in [3.05, 3.63) is 0 Å². The standard InChI is InChI=1S/C9H14N2O2/c1-6-8(12)11(9(13)10-6)7-4-2-3-5-7/h6-7H,2-5H2,1H3,(H,10,13)/t6-/m0/s1. The van der Waals surface area contributed by atoms with E-state index < -0.39 is 0 Å². The Morgan fingerprint density at radius 2 is 1.92 bits per heavy atom. The van der Waals surface area contributed by atoms with Crippen LogP contribution in [-0.4, -0.2) is 28.9 Å². The Balaban J connectivity index is 2.13. The van der Waals surface area contributed by atoms with Gasteiger partial charge in [0.2, 0.25) is 0 Å². The van der Waals surface area contributed by atoms with Crippen molar-refractivity contribution in [3.8, 4) is 0 Å². The summed E-state index contributed by atoms with van der Waals surface area (Å²) in [5, 5.41) is 2.63. The maximum absolute atomic E-state index is 11.5. The Morgan fingerprint density at radius 3 is 2.38 bits per heavy atom. The van der Waals surface area contributed by atoms with Gasteiger partial charge in [-0.3, -0.25) is 9.69 Å². The number of imide groups is 1. The van der Waals surface area contributed by atoms with Gasteiger partial charge in [0, 0.05) is 6.04 Å². The lowest BCUT2D eigenvalue weighted by Crippen LogP contribution is -2.39. The van der Waals surface area contributed by atoms with Crippen molar-refractivity contribution >= 4 is 11.9 Å². The van der Waals surface area contributed by atoms with E-state index in [1.165, 1.54) is 4.90 Å². The molecule has 1 saturated heterocycles. The lowest BCUT2D eigenvalue weighted by atomic mass is 10.2. The molecule has 4 heteroatoms. The van der Waals surface area contributed by atoms with E-state index in [0.29, 0.717) is 0 Å². The molecule has 1 saturated carbocycles. The molecular formula is C9H14N2O2. The summed E-state index contributed by atoms with van der Waals surface area (Å²) in [6.07, 6.45) is 4.23. The number of nitrogens with zero attached hydrogens (tertiary/aromatic N) is 1. The highest BCUT2D eigenvalue weighted by atomic mass is 16.2. The number of rotatable bonds is 1. The maximum Gasteiger partial charge on any atom is 0.325 e. The van der Waals surface area contributed by atoms with Crippen LogP contribution in [0.5, 0.6) is 0 Å². The number of hydrogen-bond acceptors (Lipinski definition) is 2. The Morgan fingerprint density at radius 1 is 1.31 bits per heavy atom. The minimum Gasteiger partial charge on any atom is -0.326 e. The van der Waals surface area contributed by atoms with Gasteiger partial charge in [-0.05, 0) is 19.8 Å². The molecule has 0 aromatic carbocycles. The van der Waals surface area contributed by atoms with Gasteiger partial charge in [-0.2, -0.15) is 0 Å². The average Bonchev–Trinajstić information content (AvgIpc) is 2.63. The number of nitrogens with one attached hydrogen (secondary N) is 1. The van der Waals surface area contributed by atoms with Crippen molar-refractivity contribution in [2.45, 2.75) is 44.7 Å². The van der Waals surface area contributed by atoms with E-state index in [2.05, 4.69) is 5.32 Å². The molecule has 0 bridgehead atoms.